The number of aliphatic hydroxyl groups is 1. The molecule has 10 nitrogen and oxygen atoms in total. The molecule has 1 fully saturated rings. The van der Waals surface area contributed by atoms with Gasteiger partial charge in [0.25, 0.3) is 11.8 Å². The molecule has 0 radical (unpaired) electrons. The third-order valence-electron chi connectivity index (χ3n) is 7.10. The van der Waals surface area contributed by atoms with E-state index in [2.05, 4.69) is 16.0 Å². The maximum absolute atomic E-state index is 14.4. The zero-order chi connectivity index (χ0) is 31.6. The standard InChI is InChI=1S/C33H46N4O6/c1-22(2)19-27(29(39)36-33(3,4)5)37(31(41)28(38)25-17-12-18-34-25)30(40)26(20-23-13-8-6-9-14-23)35-32(42)43-21-24-15-10-7-11-16-24/h6-11,13-16,22,25-28,34,38H,12,17-21H2,1-5H3,(H,35,42)(H,36,39)/t25?,26-,27+,28?/m0/s1. The number of rotatable bonds is 12. The minimum atomic E-state index is -1.55. The lowest BCUT2D eigenvalue weighted by Crippen LogP contribution is -2.63. The molecule has 2 aromatic carbocycles. The van der Waals surface area contributed by atoms with E-state index in [-0.39, 0.29) is 25.4 Å². The molecule has 2 aromatic rings. The Morgan fingerprint density at radius 3 is 2.12 bits per heavy atom. The Morgan fingerprint density at radius 1 is 0.977 bits per heavy atom. The molecule has 4 atom stereocenters. The lowest BCUT2D eigenvalue weighted by molar-refractivity contribution is -0.159. The topological polar surface area (TPSA) is 137 Å². The Hall–Kier alpha value is -3.76. The second kappa shape index (κ2) is 15.6. The molecule has 4 amide bonds. The van der Waals surface area contributed by atoms with Crippen LogP contribution in [0.25, 0.3) is 0 Å². The Labute approximate surface area is 254 Å². The number of benzene rings is 2. The van der Waals surface area contributed by atoms with Gasteiger partial charge in [0.2, 0.25) is 5.91 Å². The SMILES string of the molecule is CC(C)C[C@H](C(=O)NC(C)(C)C)N(C(=O)C(O)C1CCCN1)C(=O)[C@H](Cc1ccccc1)NC(=O)OCc1ccccc1. The monoisotopic (exact) mass is 594 g/mol. The van der Waals surface area contributed by atoms with Gasteiger partial charge in [-0.2, -0.15) is 0 Å². The predicted octanol–water partition coefficient (Wildman–Crippen LogP) is 3.32. The number of imide groups is 1. The van der Waals surface area contributed by atoms with Crippen molar-refractivity contribution in [1.29, 1.82) is 0 Å². The molecular weight excluding hydrogens is 548 g/mol. The highest BCUT2D eigenvalue weighted by atomic mass is 16.5. The first-order valence-electron chi connectivity index (χ1n) is 15.0. The Morgan fingerprint density at radius 2 is 1.58 bits per heavy atom. The molecule has 1 saturated heterocycles. The summed E-state index contributed by atoms with van der Waals surface area (Å²) in [7, 11) is 0. The van der Waals surface area contributed by atoms with E-state index < -0.39 is 53.6 Å². The summed E-state index contributed by atoms with van der Waals surface area (Å²) < 4.78 is 5.41. The molecule has 43 heavy (non-hydrogen) atoms. The van der Waals surface area contributed by atoms with Gasteiger partial charge < -0.3 is 25.8 Å². The molecule has 0 bridgehead atoms. The van der Waals surface area contributed by atoms with Gasteiger partial charge in [0.05, 0.1) is 0 Å². The normalized spacial score (nSPS) is 17.0. The Balaban J connectivity index is 1.98. The molecule has 1 aliphatic heterocycles. The van der Waals surface area contributed by atoms with E-state index in [9.17, 15) is 24.3 Å². The predicted molar refractivity (Wildman–Crippen MR) is 164 cm³/mol. The molecule has 0 aliphatic carbocycles. The summed E-state index contributed by atoms with van der Waals surface area (Å²) in [6, 6.07) is 15.1. The van der Waals surface area contributed by atoms with Crippen LogP contribution in [0, 0.1) is 5.92 Å². The molecular formula is C33H46N4O6. The van der Waals surface area contributed by atoms with Crippen LogP contribution in [0.4, 0.5) is 4.79 Å². The van der Waals surface area contributed by atoms with E-state index in [1.807, 2.05) is 71.0 Å². The molecule has 0 aromatic heterocycles. The number of ether oxygens (including phenoxy) is 1. The summed E-state index contributed by atoms with van der Waals surface area (Å²) in [6.45, 7) is 9.83. The quantitative estimate of drug-likeness (QED) is 0.296. The first kappa shape index (κ1) is 33.7. The van der Waals surface area contributed by atoms with Gasteiger partial charge >= 0.3 is 6.09 Å². The van der Waals surface area contributed by atoms with Crippen molar-refractivity contribution < 1.29 is 29.0 Å². The van der Waals surface area contributed by atoms with E-state index >= 15 is 0 Å². The van der Waals surface area contributed by atoms with Crippen molar-refractivity contribution >= 4 is 23.8 Å². The second-order valence-electron chi connectivity index (χ2n) is 12.5. The largest absolute Gasteiger partial charge is 0.445 e. The van der Waals surface area contributed by atoms with E-state index in [4.69, 9.17) is 4.74 Å². The third-order valence-corrected chi connectivity index (χ3v) is 7.10. The summed E-state index contributed by atoms with van der Waals surface area (Å²) in [6.07, 6.45) is -0.865. The maximum Gasteiger partial charge on any atom is 0.408 e. The summed E-state index contributed by atoms with van der Waals surface area (Å²) >= 11 is 0. The smallest absolute Gasteiger partial charge is 0.408 e. The fraction of sp³-hybridized carbons (Fsp3) is 0.515. The molecule has 10 heteroatoms. The number of nitrogens with zero attached hydrogens (tertiary/aromatic N) is 1. The lowest BCUT2D eigenvalue weighted by atomic mass is 9.96. The number of aliphatic hydroxyl groups excluding tert-OH is 1. The van der Waals surface area contributed by atoms with Gasteiger partial charge in [-0.25, -0.2) is 4.79 Å². The Kier molecular flexibility index (Phi) is 12.3. The number of alkyl carbamates (subject to hydrolysis) is 1. The Bertz CT molecular complexity index is 1210. The maximum atomic E-state index is 14.4. The fourth-order valence-corrected chi connectivity index (χ4v) is 5.07. The van der Waals surface area contributed by atoms with Crippen molar-refractivity contribution in [1.82, 2.24) is 20.9 Å². The van der Waals surface area contributed by atoms with E-state index in [0.717, 1.165) is 22.4 Å². The van der Waals surface area contributed by atoms with Gasteiger partial charge in [0, 0.05) is 18.0 Å². The van der Waals surface area contributed by atoms with Crippen LogP contribution in [0.2, 0.25) is 0 Å². The van der Waals surface area contributed by atoms with Crippen LogP contribution in [0.5, 0.6) is 0 Å². The number of carbonyl (C=O) groups is 4. The van der Waals surface area contributed by atoms with Crippen LogP contribution >= 0.6 is 0 Å². The van der Waals surface area contributed by atoms with Crippen molar-refractivity contribution in [2.24, 2.45) is 5.92 Å². The van der Waals surface area contributed by atoms with E-state index in [1.165, 1.54) is 0 Å². The minimum absolute atomic E-state index is 0.0163. The van der Waals surface area contributed by atoms with Crippen LogP contribution in [0.1, 0.15) is 65.0 Å². The average molecular weight is 595 g/mol. The highest BCUT2D eigenvalue weighted by Crippen LogP contribution is 2.21. The van der Waals surface area contributed by atoms with Crippen molar-refractivity contribution in [2.45, 2.75) is 96.7 Å². The molecule has 0 saturated carbocycles. The van der Waals surface area contributed by atoms with Crippen LogP contribution < -0.4 is 16.0 Å². The molecule has 2 unspecified atom stereocenters. The second-order valence-corrected chi connectivity index (χ2v) is 12.5. The molecule has 3 rings (SSSR count). The van der Waals surface area contributed by atoms with Gasteiger partial charge in [-0.3, -0.25) is 19.3 Å². The highest BCUT2D eigenvalue weighted by molar-refractivity contribution is 6.04. The van der Waals surface area contributed by atoms with Crippen molar-refractivity contribution in [3.63, 3.8) is 0 Å². The summed E-state index contributed by atoms with van der Waals surface area (Å²) in [5.41, 5.74) is 0.858. The minimum Gasteiger partial charge on any atom is -0.445 e. The average Bonchev–Trinajstić information content (AvgIpc) is 3.50. The molecule has 4 N–H and O–H groups in total. The zero-order valence-corrected chi connectivity index (χ0v) is 25.8. The summed E-state index contributed by atoms with van der Waals surface area (Å²) in [4.78, 5) is 56.0. The molecule has 234 valence electrons. The van der Waals surface area contributed by atoms with Gasteiger partial charge in [-0.15, -0.1) is 0 Å². The lowest BCUT2D eigenvalue weighted by Gasteiger charge is -2.36. The van der Waals surface area contributed by atoms with E-state index in [1.54, 1.807) is 24.3 Å². The number of hydrogen-bond acceptors (Lipinski definition) is 7. The first-order chi connectivity index (χ1) is 20.4. The van der Waals surface area contributed by atoms with Crippen molar-refractivity contribution in [3.05, 3.63) is 71.8 Å². The molecule has 1 aliphatic rings. The fourth-order valence-electron chi connectivity index (χ4n) is 5.07. The first-order valence-corrected chi connectivity index (χ1v) is 15.0. The number of nitrogens with one attached hydrogen (secondary N) is 3. The third kappa shape index (κ3) is 10.5. The summed E-state index contributed by atoms with van der Waals surface area (Å²) in [5, 5.41) is 19.8. The van der Waals surface area contributed by atoms with Crippen LogP contribution in [0.3, 0.4) is 0 Å². The number of amides is 4. The molecule has 1 heterocycles. The van der Waals surface area contributed by atoms with Crippen LogP contribution in [-0.2, 0) is 32.1 Å². The zero-order valence-electron chi connectivity index (χ0n) is 25.8. The van der Waals surface area contributed by atoms with Gasteiger partial charge in [0.15, 0.2) is 0 Å². The van der Waals surface area contributed by atoms with E-state index in [0.29, 0.717) is 13.0 Å². The molecule has 0 spiro atoms. The van der Waals surface area contributed by atoms with Crippen molar-refractivity contribution in [2.75, 3.05) is 6.54 Å². The van der Waals surface area contributed by atoms with Gasteiger partial charge in [-0.05, 0) is 63.6 Å². The van der Waals surface area contributed by atoms with Gasteiger partial charge in [0.1, 0.15) is 24.8 Å². The number of hydrogen-bond donors (Lipinski definition) is 4. The number of carbonyl (C=O) groups excluding carboxylic acids is 4. The van der Waals surface area contributed by atoms with Gasteiger partial charge in [-0.1, -0.05) is 74.5 Å². The summed E-state index contributed by atoms with van der Waals surface area (Å²) in [5.74, 6) is -2.26. The van der Waals surface area contributed by atoms with Crippen molar-refractivity contribution in [3.8, 4) is 0 Å². The van der Waals surface area contributed by atoms with Crippen LogP contribution in [0.15, 0.2) is 60.7 Å². The highest BCUT2D eigenvalue weighted by Gasteiger charge is 2.44. The van der Waals surface area contributed by atoms with Crippen LogP contribution in [-0.4, -0.2) is 70.1 Å².